The van der Waals surface area contributed by atoms with Gasteiger partial charge in [-0.05, 0) is 113 Å². The maximum absolute atomic E-state index is 17.0. The number of aryl methyl sites for hydroxylation is 2. The van der Waals surface area contributed by atoms with E-state index in [1.54, 1.807) is 73.7 Å². The van der Waals surface area contributed by atoms with Gasteiger partial charge in [-0.15, -0.1) is 4.73 Å². The SMILES string of the molecule is Cc1ccc(C2=[N+]3C(=Cc4c(C)cc(C=Cc5ccc(OCCCC(=O)NC(CCCC[N+](C)(C)C)C(=O)NCCCCC(=O)On6c(O)ccc6O)cc5)n4[B-]3(F)F)C(CCCS(=O)(=O)O)=C2)[nH]1. The number of hydrogen-bond donors (Lipinski definition) is 6. The minimum absolute atomic E-state index is 0.00889. The number of carbonyl (C=O) groups excluding carboxylic acids is 3. The molecule has 2 aliphatic heterocycles. The molecule has 69 heavy (non-hydrogen) atoms. The summed E-state index contributed by atoms with van der Waals surface area (Å²) in [6.45, 7) is 0.567. The fourth-order valence-corrected chi connectivity index (χ4v) is 8.82. The zero-order valence-electron chi connectivity index (χ0n) is 39.7. The highest BCUT2D eigenvalue weighted by atomic mass is 32.2. The Kier molecular flexibility index (Phi) is 16.8. The fraction of sp³-hybridized carbons (Fsp3) is 0.417. The van der Waals surface area contributed by atoms with E-state index >= 15 is 8.63 Å². The molecule has 5 heterocycles. The molecule has 0 radical (unpaired) electrons. The lowest BCUT2D eigenvalue weighted by Gasteiger charge is -2.31. The highest BCUT2D eigenvalue weighted by Gasteiger charge is 2.54. The summed E-state index contributed by atoms with van der Waals surface area (Å²) in [4.78, 5) is 46.5. The van der Waals surface area contributed by atoms with Gasteiger partial charge in [-0.3, -0.25) is 14.1 Å². The Morgan fingerprint density at radius 1 is 0.913 bits per heavy atom. The predicted octanol–water partition coefficient (Wildman–Crippen LogP) is 5.97. The molecule has 1 unspecified atom stereocenters. The van der Waals surface area contributed by atoms with Crippen LogP contribution >= 0.6 is 0 Å². The van der Waals surface area contributed by atoms with Crippen LogP contribution in [0.4, 0.5) is 8.63 Å². The number of amides is 2. The third-order valence-electron chi connectivity index (χ3n) is 11.8. The van der Waals surface area contributed by atoms with E-state index in [9.17, 15) is 37.6 Å². The Bertz CT molecular complexity index is 2730. The van der Waals surface area contributed by atoms with Gasteiger partial charge < -0.3 is 57.5 Å². The van der Waals surface area contributed by atoms with Crippen molar-refractivity contribution in [2.45, 2.75) is 84.1 Å². The number of quaternary nitrogens is 1. The summed E-state index contributed by atoms with van der Waals surface area (Å²) in [5.41, 5.74) is 4.40. The van der Waals surface area contributed by atoms with E-state index < -0.39 is 46.6 Å². The fourth-order valence-electron chi connectivity index (χ4n) is 8.32. The molecule has 6 N–H and O–H groups in total. The lowest BCUT2D eigenvalue weighted by atomic mass is 9.88. The number of rotatable bonds is 25. The molecule has 0 bridgehead atoms. The number of halogens is 2. The van der Waals surface area contributed by atoms with Crippen molar-refractivity contribution in [3.8, 4) is 17.5 Å². The Hall–Kier alpha value is -6.45. The van der Waals surface area contributed by atoms with Crippen LogP contribution in [0.3, 0.4) is 0 Å². The highest BCUT2D eigenvalue weighted by Crippen LogP contribution is 2.39. The smallest absolute Gasteiger partial charge is 0.494 e. The molecule has 2 amide bonds. The first-order valence-corrected chi connectivity index (χ1v) is 24.7. The average Bonchev–Trinajstić information content (AvgIpc) is 4.04. The summed E-state index contributed by atoms with van der Waals surface area (Å²) in [6, 6.07) is 13.9. The van der Waals surface area contributed by atoms with Gasteiger partial charge in [-0.25, -0.2) is 4.79 Å². The number of aromatic nitrogens is 3. The van der Waals surface area contributed by atoms with Crippen LogP contribution in [0.5, 0.6) is 17.5 Å². The number of nitrogens with zero attached hydrogens (tertiary/aromatic N) is 4. The number of benzene rings is 1. The molecular formula is C48H63BF2N7O10S+. The van der Waals surface area contributed by atoms with Crippen molar-refractivity contribution in [2.24, 2.45) is 0 Å². The Morgan fingerprint density at radius 3 is 2.30 bits per heavy atom. The molecule has 372 valence electrons. The molecule has 3 aromatic heterocycles. The van der Waals surface area contributed by atoms with E-state index in [0.717, 1.165) is 44.1 Å². The predicted molar refractivity (Wildman–Crippen MR) is 259 cm³/mol. The van der Waals surface area contributed by atoms with Gasteiger partial charge in [0.15, 0.2) is 11.4 Å². The van der Waals surface area contributed by atoms with Crippen LogP contribution in [-0.4, -0.2) is 129 Å². The molecule has 0 saturated carbocycles. The number of ether oxygens (including phenoxy) is 1. The summed E-state index contributed by atoms with van der Waals surface area (Å²) < 4.78 is 75.5. The standard InChI is InChI=1S/C48H62BF2N7O10S/c1-33-30-37(55-41(33)32-42-36(12-11-29-69(64,65)66)31-43(56(42)49(55,50)51)39-23-16-34(2)53-39)20-17-35-18-21-38(22-19-35)67-28-10-14-44(59)54-40(13-7-9-27-58(3,4)5)48(63)52-26-8-6-15-47(62)68-57-45(60)24-25-46(57)61/h16-25,30-32,40,53H,6-15,26-29H2,1-5H3,(H4-,52,54,59,60,61,63,64,65,66)/p+1. The van der Waals surface area contributed by atoms with Crippen molar-refractivity contribution >= 4 is 58.8 Å². The Labute approximate surface area is 401 Å². The zero-order chi connectivity index (χ0) is 50.1. The van der Waals surface area contributed by atoms with Crippen LogP contribution < -0.4 is 20.2 Å². The van der Waals surface area contributed by atoms with Gasteiger partial charge in [0.2, 0.25) is 23.6 Å². The molecule has 0 fully saturated rings. The molecule has 6 rings (SSSR count). The summed E-state index contributed by atoms with van der Waals surface area (Å²) in [5, 5.41) is 25.0. The zero-order valence-corrected chi connectivity index (χ0v) is 40.5. The van der Waals surface area contributed by atoms with Gasteiger partial charge in [-0.1, -0.05) is 18.2 Å². The maximum Gasteiger partial charge on any atom is 0.737 e. The van der Waals surface area contributed by atoms with Gasteiger partial charge in [0.1, 0.15) is 17.5 Å². The van der Waals surface area contributed by atoms with Gasteiger partial charge >= 0.3 is 12.9 Å². The van der Waals surface area contributed by atoms with Crippen molar-refractivity contribution < 1.29 is 64.7 Å². The van der Waals surface area contributed by atoms with Crippen molar-refractivity contribution in [3.05, 3.63) is 106 Å². The van der Waals surface area contributed by atoms with Crippen LogP contribution in [0.1, 0.15) is 98.1 Å². The summed E-state index contributed by atoms with van der Waals surface area (Å²) in [5.74, 6) is -2.05. The van der Waals surface area contributed by atoms with E-state index in [1.165, 1.54) is 12.1 Å². The van der Waals surface area contributed by atoms with Gasteiger partial charge in [-0.2, -0.15) is 8.42 Å². The Balaban J connectivity index is 1.01. The quantitative estimate of drug-likeness (QED) is 0.0198. The molecular weight excluding hydrogens is 915 g/mol. The minimum Gasteiger partial charge on any atom is -0.494 e. The highest BCUT2D eigenvalue weighted by molar-refractivity contribution is 7.85. The third-order valence-corrected chi connectivity index (χ3v) is 12.6. The monoisotopic (exact) mass is 978 g/mol. The largest absolute Gasteiger partial charge is 0.737 e. The van der Waals surface area contributed by atoms with Crippen molar-refractivity contribution in [2.75, 3.05) is 46.6 Å². The summed E-state index contributed by atoms with van der Waals surface area (Å²) in [6.07, 6.45) is 10.3. The molecule has 0 aliphatic carbocycles. The number of nitrogens with one attached hydrogen (secondary N) is 3. The van der Waals surface area contributed by atoms with Crippen LogP contribution in [-0.2, 0) is 24.5 Å². The summed E-state index contributed by atoms with van der Waals surface area (Å²) >= 11 is 0. The van der Waals surface area contributed by atoms with E-state index in [1.807, 2.05) is 6.92 Å². The third kappa shape index (κ3) is 14.1. The van der Waals surface area contributed by atoms with E-state index in [-0.39, 0.29) is 62.1 Å². The second-order valence-electron chi connectivity index (χ2n) is 18.5. The van der Waals surface area contributed by atoms with E-state index in [0.29, 0.717) is 64.4 Å². The maximum atomic E-state index is 17.0. The van der Waals surface area contributed by atoms with E-state index in [4.69, 9.17) is 9.57 Å². The first-order valence-electron chi connectivity index (χ1n) is 23.1. The molecule has 0 saturated heterocycles. The first kappa shape index (κ1) is 51.9. The normalized spacial score (nSPS) is 14.8. The lowest BCUT2D eigenvalue weighted by Crippen LogP contribution is -2.51. The van der Waals surface area contributed by atoms with Crippen LogP contribution in [0.25, 0.3) is 18.2 Å². The van der Waals surface area contributed by atoms with Gasteiger partial charge in [0.05, 0.1) is 40.0 Å². The molecule has 17 nitrogen and oxygen atoms in total. The number of H-pyrrole nitrogens is 1. The number of hydrogen-bond acceptors (Lipinski definition) is 9. The molecule has 0 spiro atoms. The topological polar surface area (TPSA) is 217 Å². The second kappa shape index (κ2) is 22.3. The lowest BCUT2D eigenvalue weighted by molar-refractivity contribution is -0.870. The minimum atomic E-state index is -4.42. The number of carbonyl (C=O) groups is 3. The molecule has 4 aromatic rings. The average molecular weight is 979 g/mol. The second-order valence-corrected chi connectivity index (χ2v) is 20.1. The number of fused-ring (bicyclic) bond motifs is 2. The van der Waals surface area contributed by atoms with Crippen LogP contribution in [0.15, 0.2) is 71.9 Å². The molecule has 2 aliphatic rings. The number of aromatic hydroxyl groups is 2. The number of unbranched alkanes of at least 4 members (excludes halogenated alkanes) is 2. The first-order chi connectivity index (χ1) is 32.6. The van der Waals surface area contributed by atoms with Crippen LogP contribution in [0.2, 0.25) is 0 Å². The molecule has 21 heteroatoms. The van der Waals surface area contributed by atoms with Crippen LogP contribution in [0, 0.1) is 13.8 Å². The molecule has 1 atom stereocenters. The van der Waals surface area contributed by atoms with Gasteiger partial charge in [0.25, 0.3) is 10.1 Å². The van der Waals surface area contributed by atoms with E-state index in [2.05, 4.69) is 36.8 Å². The van der Waals surface area contributed by atoms with Crippen molar-refractivity contribution in [1.29, 1.82) is 0 Å². The Morgan fingerprint density at radius 2 is 1.64 bits per heavy atom. The summed E-state index contributed by atoms with van der Waals surface area (Å²) in [7, 11) is 2.04. The van der Waals surface area contributed by atoms with Gasteiger partial charge in [0, 0.05) is 66.3 Å². The number of allylic oxidation sites excluding steroid dienone is 2. The molecule has 1 aromatic carbocycles. The van der Waals surface area contributed by atoms with Crippen molar-refractivity contribution in [3.63, 3.8) is 0 Å². The van der Waals surface area contributed by atoms with Crippen molar-refractivity contribution in [1.82, 2.24) is 24.8 Å². The number of aromatic amines is 1.